The van der Waals surface area contributed by atoms with Gasteiger partial charge in [-0.05, 0) is 24.1 Å². The Hall–Kier alpha value is -3.63. The molecule has 154 valence electrons. The van der Waals surface area contributed by atoms with Gasteiger partial charge in [0, 0.05) is 29.5 Å². The molecule has 31 heavy (non-hydrogen) atoms. The number of anilines is 1. The number of thiophene rings is 1. The van der Waals surface area contributed by atoms with Crippen LogP contribution in [0.25, 0.3) is 0 Å². The molecule has 2 amide bonds. The van der Waals surface area contributed by atoms with E-state index in [2.05, 4.69) is 11.4 Å². The SMILES string of the molecule is CC(=O)N1CCc2c(sc(NC(=O)C3c4ccccc4Oc4ccccc43)c2C#N)C1. The van der Waals surface area contributed by atoms with E-state index >= 15 is 0 Å². The van der Waals surface area contributed by atoms with E-state index in [4.69, 9.17) is 4.74 Å². The third kappa shape index (κ3) is 3.25. The second kappa shape index (κ2) is 7.56. The Bertz CT molecular complexity index is 1210. The number of nitrogens with zero attached hydrogens (tertiary/aromatic N) is 2. The number of amides is 2. The van der Waals surface area contributed by atoms with Crippen LogP contribution < -0.4 is 10.1 Å². The van der Waals surface area contributed by atoms with Gasteiger partial charge in [-0.2, -0.15) is 5.26 Å². The van der Waals surface area contributed by atoms with Crippen molar-refractivity contribution in [2.45, 2.75) is 25.8 Å². The average Bonchev–Trinajstić information content (AvgIpc) is 3.13. The predicted molar refractivity (Wildman–Crippen MR) is 117 cm³/mol. The van der Waals surface area contributed by atoms with Gasteiger partial charge >= 0.3 is 0 Å². The molecule has 0 aliphatic carbocycles. The molecule has 6 nitrogen and oxygen atoms in total. The zero-order valence-electron chi connectivity index (χ0n) is 16.8. The molecular formula is C24H19N3O3S. The molecule has 3 aromatic rings. The fourth-order valence-electron chi connectivity index (χ4n) is 4.26. The van der Waals surface area contributed by atoms with Crippen LogP contribution in [0.3, 0.4) is 0 Å². The van der Waals surface area contributed by atoms with Gasteiger partial charge in [0.2, 0.25) is 11.8 Å². The van der Waals surface area contributed by atoms with Crippen LogP contribution in [-0.2, 0) is 22.6 Å². The maximum absolute atomic E-state index is 13.5. The number of ether oxygens (including phenoxy) is 1. The summed E-state index contributed by atoms with van der Waals surface area (Å²) in [7, 11) is 0. The molecule has 2 aromatic carbocycles. The summed E-state index contributed by atoms with van der Waals surface area (Å²) in [4.78, 5) is 28.0. The Morgan fingerprint density at radius 2 is 1.77 bits per heavy atom. The van der Waals surface area contributed by atoms with Crippen LogP contribution >= 0.6 is 11.3 Å². The van der Waals surface area contributed by atoms with Gasteiger partial charge in [-0.15, -0.1) is 11.3 Å². The number of carbonyl (C=O) groups is 2. The molecule has 7 heteroatoms. The molecule has 3 heterocycles. The van der Waals surface area contributed by atoms with Crippen molar-refractivity contribution in [1.82, 2.24) is 4.90 Å². The highest BCUT2D eigenvalue weighted by Gasteiger charge is 2.34. The molecule has 0 unspecified atom stereocenters. The number of benzene rings is 2. The summed E-state index contributed by atoms with van der Waals surface area (Å²) < 4.78 is 5.99. The first kappa shape index (κ1) is 19.3. The molecule has 0 saturated heterocycles. The minimum absolute atomic E-state index is 0.0126. The van der Waals surface area contributed by atoms with Gasteiger partial charge < -0.3 is 15.0 Å². The Kier molecular flexibility index (Phi) is 4.72. The Morgan fingerprint density at radius 3 is 2.39 bits per heavy atom. The van der Waals surface area contributed by atoms with Gasteiger partial charge in [0.25, 0.3) is 0 Å². The molecule has 1 N–H and O–H groups in total. The smallest absolute Gasteiger partial charge is 0.237 e. The molecule has 1 aromatic heterocycles. The summed E-state index contributed by atoms with van der Waals surface area (Å²) in [6, 6.07) is 17.3. The first-order valence-corrected chi connectivity index (χ1v) is 10.8. The lowest BCUT2D eigenvalue weighted by atomic mass is 9.87. The van der Waals surface area contributed by atoms with E-state index in [1.807, 2.05) is 48.5 Å². The lowest BCUT2D eigenvalue weighted by Gasteiger charge is -2.27. The number of hydrogen-bond acceptors (Lipinski definition) is 5. The molecular weight excluding hydrogens is 410 g/mol. The minimum Gasteiger partial charge on any atom is -0.457 e. The summed E-state index contributed by atoms with van der Waals surface area (Å²) in [5, 5.41) is 13.3. The monoisotopic (exact) mass is 429 g/mol. The quantitative estimate of drug-likeness (QED) is 0.655. The highest BCUT2D eigenvalue weighted by molar-refractivity contribution is 7.16. The third-order valence-electron chi connectivity index (χ3n) is 5.79. The van der Waals surface area contributed by atoms with Crippen LogP contribution in [0, 0.1) is 11.3 Å². The number of nitrogens with one attached hydrogen (secondary N) is 1. The molecule has 0 saturated carbocycles. The summed E-state index contributed by atoms with van der Waals surface area (Å²) in [6.07, 6.45) is 0.618. The molecule has 0 atom stereocenters. The Balaban J connectivity index is 1.51. The van der Waals surface area contributed by atoms with Crippen molar-refractivity contribution in [3.63, 3.8) is 0 Å². The van der Waals surface area contributed by atoms with E-state index in [0.717, 1.165) is 21.6 Å². The summed E-state index contributed by atoms with van der Waals surface area (Å²) in [5.41, 5.74) is 3.03. The van der Waals surface area contributed by atoms with E-state index in [1.165, 1.54) is 11.3 Å². The van der Waals surface area contributed by atoms with Crippen LogP contribution in [0.2, 0.25) is 0 Å². The van der Waals surface area contributed by atoms with Gasteiger partial charge in [0.05, 0.1) is 18.0 Å². The van der Waals surface area contributed by atoms with Gasteiger partial charge in [0.1, 0.15) is 22.6 Å². The maximum atomic E-state index is 13.5. The van der Waals surface area contributed by atoms with Crippen LogP contribution in [0.4, 0.5) is 5.00 Å². The van der Waals surface area contributed by atoms with Crippen LogP contribution in [0.15, 0.2) is 48.5 Å². The van der Waals surface area contributed by atoms with E-state index < -0.39 is 5.92 Å². The number of hydrogen-bond donors (Lipinski definition) is 1. The summed E-state index contributed by atoms with van der Waals surface area (Å²) in [6.45, 7) is 2.61. The topological polar surface area (TPSA) is 82.4 Å². The fourth-order valence-corrected chi connectivity index (χ4v) is 5.47. The largest absolute Gasteiger partial charge is 0.457 e. The first-order valence-electron chi connectivity index (χ1n) is 10.0. The van der Waals surface area contributed by atoms with Crippen molar-refractivity contribution in [2.75, 3.05) is 11.9 Å². The number of carbonyl (C=O) groups excluding carboxylic acids is 2. The number of para-hydroxylation sites is 2. The molecule has 0 radical (unpaired) electrons. The highest BCUT2D eigenvalue weighted by atomic mass is 32.1. The number of fused-ring (bicyclic) bond motifs is 3. The zero-order valence-corrected chi connectivity index (χ0v) is 17.7. The molecule has 0 spiro atoms. The van der Waals surface area contributed by atoms with Crippen LogP contribution in [0.1, 0.15) is 40.0 Å². The van der Waals surface area contributed by atoms with E-state index in [1.54, 1.807) is 11.8 Å². The van der Waals surface area contributed by atoms with E-state index in [0.29, 0.717) is 41.6 Å². The third-order valence-corrected chi connectivity index (χ3v) is 6.93. The van der Waals surface area contributed by atoms with Crippen molar-refractivity contribution in [1.29, 1.82) is 5.26 Å². The fraction of sp³-hybridized carbons (Fsp3) is 0.208. The molecule has 0 bridgehead atoms. The van der Waals surface area contributed by atoms with Gasteiger partial charge in [-0.1, -0.05) is 36.4 Å². The zero-order chi connectivity index (χ0) is 21.5. The van der Waals surface area contributed by atoms with Gasteiger partial charge in [-0.3, -0.25) is 9.59 Å². The molecule has 2 aliphatic rings. The summed E-state index contributed by atoms with van der Waals surface area (Å²) in [5.74, 6) is 0.578. The van der Waals surface area contributed by atoms with Gasteiger partial charge in [0.15, 0.2) is 0 Å². The van der Waals surface area contributed by atoms with E-state index in [-0.39, 0.29) is 11.8 Å². The first-order chi connectivity index (χ1) is 15.1. The number of rotatable bonds is 2. The van der Waals surface area contributed by atoms with Crippen molar-refractivity contribution < 1.29 is 14.3 Å². The molecule has 0 fully saturated rings. The lowest BCUT2D eigenvalue weighted by molar-refractivity contribution is -0.129. The highest BCUT2D eigenvalue weighted by Crippen LogP contribution is 2.45. The predicted octanol–water partition coefficient (Wildman–Crippen LogP) is 4.40. The van der Waals surface area contributed by atoms with Gasteiger partial charge in [-0.25, -0.2) is 0 Å². The molecule has 2 aliphatic heterocycles. The van der Waals surface area contributed by atoms with Crippen molar-refractivity contribution in [2.24, 2.45) is 0 Å². The van der Waals surface area contributed by atoms with Crippen molar-refractivity contribution in [3.05, 3.63) is 75.7 Å². The normalized spacial score (nSPS) is 14.5. The van der Waals surface area contributed by atoms with Crippen molar-refractivity contribution >= 4 is 28.2 Å². The second-order valence-corrected chi connectivity index (χ2v) is 8.72. The minimum atomic E-state index is -0.541. The Labute approximate surface area is 183 Å². The lowest BCUT2D eigenvalue weighted by Crippen LogP contribution is -2.33. The van der Waals surface area contributed by atoms with Crippen LogP contribution in [0.5, 0.6) is 11.5 Å². The summed E-state index contributed by atoms with van der Waals surface area (Å²) >= 11 is 1.38. The standard InChI is InChI=1S/C24H19N3O3S/c1-14(28)27-11-10-15-18(12-25)24(31-21(15)13-27)26-23(29)22-16-6-2-4-8-19(16)30-20-9-5-3-7-17(20)22/h2-9,22H,10-11,13H2,1H3,(H,26,29). The van der Waals surface area contributed by atoms with Crippen molar-refractivity contribution in [3.8, 4) is 17.6 Å². The molecule has 5 rings (SSSR count). The van der Waals surface area contributed by atoms with E-state index in [9.17, 15) is 14.9 Å². The number of nitriles is 1. The Morgan fingerprint density at radius 1 is 1.13 bits per heavy atom. The second-order valence-electron chi connectivity index (χ2n) is 7.61. The maximum Gasteiger partial charge on any atom is 0.237 e. The average molecular weight is 430 g/mol. The van der Waals surface area contributed by atoms with Crippen LogP contribution in [-0.4, -0.2) is 23.3 Å².